The average Bonchev–Trinajstić information content (AvgIpc) is 2.76. The van der Waals surface area contributed by atoms with Gasteiger partial charge in [-0.25, -0.2) is 0 Å². The van der Waals surface area contributed by atoms with Gasteiger partial charge in [-0.05, 0) is 24.1 Å². The number of rotatable bonds is 2. The lowest BCUT2D eigenvalue weighted by molar-refractivity contribution is -0.141. The first-order valence-electron chi connectivity index (χ1n) is 5.62. The zero-order chi connectivity index (χ0) is 14.2. The van der Waals surface area contributed by atoms with Gasteiger partial charge in [-0.2, -0.15) is 13.2 Å². The third kappa shape index (κ3) is 3.01. The molecule has 2 unspecified atom stereocenters. The lowest BCUT2D eigenvalue weighted by Gasteiger charge is -2.15. The van der Waals surface area contributed by atoms with Gasteiger partial charge in [0.25, 0.3) is 0 Å². The van der Waals surface area contributed by atoms with E-state index < -0.39 is 23.6 Å². The minimum Gasteiger partial charge on any atom is -0.481 e. The van der Waals surface area contributed by atoms with Gasteiger partial charge in [0.1, 0.15) is 0 Å². The van der Waals surface area contributed by atoms with Gasteiger partial charge in [0.2, 0.25) is 0 Å². The number of carboxylic acids is 1. The van der Waals surface area contributed by atoms with Crippen molar-refractivity contribution in [1.82, 2.24) is 5.32 Å². The molecule has 0 aromatic heterocycles. The van der Waals surface area contributed by atoms with E-state index in [4.69, 9.17) is 16.7 Å². The van der Waals surface area contributed by atoms with Crippen LogP contribution in [0.3, 0.4) is 0 Å². The average molecular weight is 294 g/mol. The molecule has 0 bridgehead atoms. The van der Waals surface area contributed by atoms with Crippen LogP contribution in [0.5, 0.6) is 0 Å². The zero-order valence-corrected chi connectivity index (χ0v) is 10.4. The van der Waals surface area contributed by atoms with Gasteiger partial charge in [-0.3, -0.25) is 4.79 Å². The normalized spacial score (nSPS) is 23.6. The molecule has 2 rings (SSSR count). The first kappa shape index (κ1) is 14.1. The highest BCUT2D eigenvalue weighted by atomic mass is 35.5. The van der Waals surface area contributed by atoms with Crippen LogP contribution in [0, 0.1) is 5.92 Å². The molecule has 2 atom stereocenters. The standard InChI is InChI=1S/C12H11ClF3NO2/c13-9-4-7(12(14,15)16)1-2-8(9)10-3-6(5-17-10)11(18)19/h1-2,4,6,10,17H,3,5H2,(H,18,19). The fraction of sp³-hybridized carbons (Fsp3) is 0.417. The topological polar surface area (TPSA) is 49.3 Å². The Morgan fingerprint density at radius 3 is 2.58 bits per heavy atom. The molecule has 1 aromatic rings. The van der Waals surface area contributed by atoms with Gasteiger partial charge in [-0.15, -0.1) is 0 Å². The molecule has 1 aliphatic heterocycles. The fourth-order valence-electron chi connectivity index (χ4n) is 2.15. The van der Waals surface area contributed by atoms with Gasteiger partial charge < -0.3 is 10.4 Å². The third-order valence-electron chi connectivity index (χ3n) is 3.18. The smallest absolute Gasteiger partial charge is 0.416 e. The van der Waals surface area contributed by atoms with Crippen molar-refractivity contribution >= 4 is 17.6 Å². The summed E-state index contributed by atoms with van der Waals surface area (Å²) in [5.74, 6) is -1.46. The minimum atomic E-state index is -4.44. The number of hydrogen-bond acceptors (Lipinski definition) is 2. The van der Waals surface area contributed by atoms with E-state index in [-0.39, 0.29) is 17.6 Å². The summed E-state index contributed by atoms with van der Waals surface area (Å²) in [6.07, 6.45) is -4.12. The number of carbonyl (C=O) groups is 1. The largest absolute Gasteiger partial charge is 0.481 e. The fourth-order valence-corrected chi connectivity index (χ4v) is 2.46. The predicted molar refractivity (Wildman–Crippen MR) is 62.9 cm³/mol. The Morgan fingerprint density at radius 1 is 1.42 bits per heavy atom. The molecule has 3 nitrogen and oxygen atoms in total. The van der Waals surface area contributed by atoms with Crippen molar-refractivity contribution in [2.45, 2.75) is 18.6 Å². The first-order chi connectivity index (χ1) is 8.79. The molecular formula is C12H11ClF3NO2. The molecular weight excluding hydrogens is 283 g/mol. The summed E-state index contributed by atoms with van der Waals surface area (Å²) < 4.78 is 37.5. The first-order valence-corrected chi connectivity index (χ1v) is 5.99. The maximum Gasteiger partial charge on any atom is 0.416 e. The minimum absolute atomic E-state index is 0.00152. The van der Waals surface area contributed by atoms with E-state index in [0.717, 1.165) is 12.1 Å². The van der Waals surface area contributed by atoms with E-state index >= 15 is 0 Å². The molecule has 1 aliphatic rings. The Hall–Kier alpha value is -1.27. The summed E-state index contributed by atoms with van der Waals surface area (Å²) in [4.78, 5) is 10.8. The predicted octanol–water partition coefficient (Wildman–Crippen LogP) is 3.09. The molecule has 2 N–H and O–H groups in total. The second-order valence-electron chi connectivity index (χ2n) is 4.47. The Bertz CT molecular complexity index is 504. The number of hydrogen-bond donors (Lipinski definition) is 2. The van der Waals surface area contributed by atoms with Gasteiger partial charge in [0.05, 0.1) is 11.5 Å². The van der Waals surface area contributed by atoms with E-state index in [1.807, 2.05) is 0 Å². The van der Waals surface area contributed by atoms with E-state index in [0.29, 0.717) is 12.0 Å². The maximum atomic E-state index is 12.5. The van der Waals surface area contributed by atoms with Gasteiger partial charge in [0.15, 0.2) is 0 Å². The van der Waals surface area contributed by atoms with Crippen molar-refractivity contribution < 1.29 is 23.1 Å². The Labute approximate surface area is 112 Å². The Morgan fingerprint density at radius 2 is 2.11 bits per heavy atom. The second-order valence-corrected chi connectivity index (χ2v) is 4.87. The van der Waals surface area contributed by atoms with Crippen LogP contribution >= 0.6 is 11.6 Å². The number of carboxylic acid groups (broad SMARTS) is 1. The lowest BCUT2D eigenvalue weighted by atomic mass is 9.99. The van der Waals surface area contributed by atoms with E-state index in [1.54, 1.807) is 0 Å². The van der Waals surface area contributed by atoms with Crippen LogP contribution in [0.25, 0.3) is 0 Å². The number of benzene rings is 1. The lowest BCUT2D eigenvalue weighted by Crippen LogP contribution is -2.17. The monoisotopic (exact) mass is 293 g/mol. The molecule has 1 saturated heterocycles. The van der Waals surface area contributed by atoms with Crippen LogP contribution in [0.4, 0.5) is 13.2 Å². The van der Waals surface area contributed by atoms with Gasteiger partial charge >= 0.3 is 12.1 Å². The zero-order valence-electron chi connectivity index (χ0n) is 9.67. The van der Waals surface area contributed by atoms with Crippen LogP contribution in [-0.4, -0.2) is 17.6 Å². The van der Waals surface area contributed by atoms with E-state index in [1.165, 1.54) is 6.07 Å². The van der Waals surface area contributed by atoms with Gasteiger partial charge in [0, 0.05) is 17.6 Å². The molecule has 19 heavy (non-hydrogen) atoms. The molecule has 104 valence electrons. The highest BCUT2D eigenvalue weighted by molar-refractivity contribution is 6.31. The summed E-state index contributed by atoms with van der Waals surface area (Å²) >= 11 is 5.86. The molecule has 1 aromatic carbocycles. The summed E-state index contributed by atoms with van der Waals surface area (Å²) in [6.45, 7) is 0.289. The van der Waals surface area contributed by atoms with Crippen molar-refractivity contribution in [3.05, 3.63) is 34.3 Å². The Balaban J connectivity index is 2.21. The molecule has 0 amide bonds. The summed E-state index contributed by atoms with van der Waals surface area (Å²) in [7, 11) is 0. The van der Waals surface area contributed by atoms with Crippen LogP contribution in [0.2, 0.25) is 5.02 Å². The summed E-state index contributed by atoms with van der Waals surface area (Å²) in [5, 5.41) is 11.8. The number of alkyl halides is 3. The molecule has 0 spiro atoms. The van der Waals surface area contributed by atoms with Crippen molar-refractivity contribution in [3.63, 3.8) is 0 Å². The molecule has 0 aliphatic carbocycles. The number of nitrogens with one attached hydrogen (secondary N) is 1. The van der Waals surface area contributed by atoms with Crippen LogP contribution in [0.15, 0.2) is 18.2 Å². The van der Waals surface area contributed by atoms with Crippen LogP contribution < -0.4 is 5.32 Å². The highest BCUT2D eigenvalue weighted by Gasteiger charge is 2.34. The molecule has 0 saturated carbocycles. The van der Waals surface area contributed by atoms with Crippen molar-refractivity contribution in [1.29, 1.82) is 0 Å². The summed E-state index contributed by atoms with van der Waals surface area (Å²) in [6, 6.07) is 2.80. The quantitative estimate of drug-likeness (QED) is 0.881. The second kappa shape index (κ2) is 5.02. The molecule has 7 heteroatoms. The molecule has 1 heterocycles. The Kier molecular flexibility index (Phi) is 3.73. The van der Waals surface area contributed by atoms with Crippen LogP contribution in [0.1, 0.15) is 23.6 Å². The SMILES string of the molecule is O=C(O)C1CNC(c2ccc(C(F)(F)F)cc2Cl)C1. The molecule has 1 fully saturated rings. The van der Waals surface area contributed by atoms with Crippen molar-refractivity contribution in [3.8, 4) is 0 Å². The van der Waals surface area contributed by atoms with Gasteiger partial charge in [-0.1, -0.05) is 17.7 Å². The highest BCUT2D eigenvalue weighted by Crippen LogP contribution is 2.36. The van der Waals surface area contributed by atoms with Crippen molar-refractivity contribution in [2.75, 3.05) is 6.54 Å². The van der Waals surface area contributed by atoms with E-state index in [2.05, 4.69) is 5.32 Å². The van der Waals surface area contributed by atoms with Crippen molar-refractivity contribution in [2.24, 2.45) is 5.92 Å². The molecule has 0 radical (unpaired) electrons. The third-order valence-corrected chi connectivity index (χ3v) is 3.51. The van der Waals surface area contributed by atoms with Crippen LogP contribution in [-0.2, 0) is 11.0 Å². The summed E-state index contributed by atoms with van der Waals surface area (Å²) in [5.41, 5.74) is -0.313. The number of halogens is 4. The number of aliphatic carboxylic acids is 1. The maximum absolute atomic E-state index is 12.5. The van der Waals surface area contributed by atoms with E-state index in [9.17, 15) is 18.0 Å².